The Kier molecular flexibility index (Phi) is 8.98. The van der Waals surface area contributed by atoms with Crippen molar-refractivity contribution >= 4 is 74.3 Å². The molecule has 0 bridgehead atoms. The Bertz CT molecular complexity index is 150. The Labute approximate surface area is 92.4 Å². The SMILES string of the molecule is Sc1nnc(S)s1.[LiH].[LiH]. The maximum absolute atomic E-state index is 3.90. The zero-order valence-corrected chi connectivity index (χ0v) is 5.80. The van der Waals surface area contributed by atoms with E-state index in [0.29, 0.717) is 8.68 Å². The van der Waals surface area contributed by atoms with Crippen molar-refractivity contribution in [3.05, 3.63) is 0 Å². The van der Waals surface area contributed by atoms with Crippen molar-refractivity contribution in [1.29, 1.82) is 0 Å². The zero-order chi connectivity index (χ0) is 5.28. The molecule has 0 saturated heterocycles. The molecule has 0 N–H and O–H groups in total. The van der Waals surface area contributed by atoms with Crippen molar-refractivity contribution < 1.29 is 0 Å². The zero-order valence-electron chi connectivity index (χ0n) is 3.20. The van der Waals surface area contributed by atoms with E-state index in [0.717, 1.165) is 0 Å². The van der Waals surface area contributed by atoms with Crippen molar-refractivity contribution in [2.24, 2.45) is 0 Å². The molecule has 0 aliphatic carbocycles. The first-order valence-corrected chi connectivity index (χ1v) is 3.21. The number of hydrogen-bond donors (Lipinski definition) is 2. The Morgan fingerprint density at radius 1 is 1.00 bits per heavy atom. The molecule has 1 rings (SSSR count). The third kappa shape index (κ3) is 4.81. The molecule has 0 spiro atoms. The van der Waals surface area contributed by atoms with Crippen molar-refractivity contribution in [3.63, 3.8) is 0 Å². The van der Waals surface area contributed by atoms with E-state index in [4.69, 9.17) is 0 Å². The number of aromatic nitrogens is 2. The molecule has 0 aliphatic rings. The van der Waals surface area contributed by atoms with Crippen LogP contribution in [-0.2, 0) is 0 Å². The molecule has 1 aromatic rings. The number of thiol groups is 2. The van der Waals surface area contributed by atoms with E-state index in [-0.39, 0.29) is 37.7 Å². The van der Waals surface area contributed by atoms with Crippen LogP contribution in [0.15, 0.2) is 8.68 Å². The summed E-state index contributed by atoms with van der Waals surface area (Å²) in [5.41, 5.74) is 0. The fourth-order valence-electron chi connectivity index (χ4n) is 0.208. The molecule has 0 amide bonds. The van der Waals surface area contributed by atoms with Crippen LogP contribution >= 0.6 is 36.6 Å². The molecule has 0 fully saturated rings. The van der Waals surface area contributed by atoms with Gasteiger partial charge in [-0.25, -0.2) is 0 Å². The van der Waals surface area contributed by atoms with Crippen LogP contribution in [-0.4, -0.2) is 47.9 Å². The number of nitrogens with zero attached hydrogens (tertiary/aromatic N) is 2. The molecule has 0 aromatic carbocycles. The summed E-state index contributed by atoms with van der Waals surface area (Å²) in [4.78, 5) is 0. The summed E-state index contributed by atoms with van der Waals surface area (Å²) in [6.45, 7) is 0. The van der Waals surface area contributed by atoms with E-state index in [1.54, 1.807) is 0 Å². The van der Waals surface area contributed by atoms with E-state index in [9.17, 15) is 0 Å². The van der Waals surface area contributed by atoms with Crippen molar-refractivity contribution in [3.8, 4) is 0 Å². The monoisotopic (exact) mass is 166 g/mol. The van der Waals surface area contributed by atoms with Gasteiger partial charge in [-0.3, -0.25) is 0 Å². The Morgan fingerprint density at radius 2 is 1.33 bits per heavy atom. The van der Waals surface area contributed by atoms with Crippen molar-refractivity contribution in [1.82, 2.24) is 10.2 Å². The molecule has 1 aromatic heterocycles. The van der Waals surface area contributed by atoms with Gasteiger partial charge in [0.05, 0.1) is 0 Å². The first kappa shape index (κ1) is 13.1. The third-order valence-corrected chi connectivity index (χ3v) is 1.66. The molecule has 1 heterocycles. The van der Waals surface area contributed by atoms with E-state index < -0.39 is 0 Å². The second-order valence-corrected chi connectivity index (χ2v) is 3.30. The van der Waals surface area contributed by atoms with Gasteiger partial charge < -0.3 is 0 Å². The van der Waals surface area contributed by atoms with Gasteiger partial charge in [0.1, 0.15) is 0 Å². The normalized spacial score (nSPS) is 7.33. The minimum atomic E-state index is 0. The molecule has 42 valence electrons. The molecule has 9 heavy (non-hydrogen) atoms. The van der Waals surface area contributed by atoms with Crippen molar-refractivity contribution in [2.45, 2.75) is 8.68 Å². The van der Waals surface area contributed by atoms with Gasteiger partial charge in [0.25, 0.3) is 0 Å². The first-order chi connectivity index (χ1) is 3.29. The van der Waals surface area contributed by atoms with Crippen LogP contribution in [0.1, 0.15) is 0 Å². The van der Waals surface area contributed by atoms with Crippen LogP contribution in [0.4, 0.5) is 0 Å². The van der Waals surface area contributed by atoms with Crippen LogP contribution < -0.4 is 0 Å². The average Bonchev–Trinajstić information content (AvgIpc) is 1.87. The quantitative estimate of drug-likeness (QED) is 0.413. The Hall–Kier alpha value is 1.45. The molecular weight excluding hydrogens is 162 g/mol. The predicted molar refractivity (Wildman–Crippen MR) is 48.7 cm³/mol. The predicted octanol–water partition coefficient (Wildman–Crippen LogP) is -0.182. The summed E-state index contributed by atoms with van der Waals surface area (Å²) >= 11 is 9.15. The molecule has 0 unspecified atom stereocenters. The summed E-state index contributed by atoms with van der Waals surface area (Å²) in [6.07, 6.45) is 0. The van der Waals surface area contributed by atoms with Crippen LogP contribution in [0.5, 0.6) is 0 Å². The Morgan fingerprint density at radius 3 is 1.44 bits per heavy atom. The molecule has 0 radical (unpaired) electrons. The number of hydrogen-bond acceptors (Lipinski definition) is 5. The molecule has 2 nitrogen and oxygen atoms in total. The first-order valence-electron chi connectivity index (χ1n) is 1.50. The number of rotatable bonds is 0. The van der Waals surface area contributed by atoms with Gasteiger partial charge in [0.2, 0.25) is 0 Å². The molecular formula is C2H4Li2N2S3. The summed E-state index contributed by atoms with van der Waals surface area (Å²) < 4.78 is 1.31. The van der Waals surface area contributed by atoms with Gasteiger partial charge in [-0.15, -0.1) is 35.5 Å². The van der Waals surface area contributed by atoms with Gasteiger partial charge in [-0.2, -0.15) is 0 Å². The van der Waals surface area contributed by atoms with Crippen LogP contribution in [0.25, 0.3) is 0 Å². The van der Waals surface area contributed by atoms with E-state index in [1.807, 2.05) is 0 Å². The van der Waals surface area contributed by atoms with Crippen molar-refractivity contribution in [2.75, 3.05) is 0 Å². The van der Waals surface area contributed by atoms with Gasteiger partial charge >= 0.3 is 37.7 Å². The van der Waals surface area contributed by atoms with Crippen LogP contribution in [0.2, 0.25) is 0 Å². The fraction of sp³-hybridized carbons (Fsp3) is 0. The minimum absolute atomic E-state index is 0. The van der Waals surface area contributed by atoms with Crippen LogP contribution in [0.3, 0.4) is 0 Å². The molecule has 7 heteroatoms. The second kappa shape index (κ2) is 6.18. The van der Waals surface area contributed by atoms with E-state index in [1.165, 1.54) is 11.3 Å². The van der Waals surface area contributed by atoms with Crippen LogP contribution in [0, 0.1) is 0 Å². The maximum atomic E-state index is 3.90. The summed E-state index contributed by atoms with van der Waals surface area (Å²) in [5, 5.41) is 7.15. The molecule has 0 saturated carbocycles. The van der Waals surface area contributed by atoms with Gasteiger partial charge in [0, 0.05) is 0 Å². The van der Waals surface area contributed by atoms with E-state index >= 15 is 0 Å². The topological polar surface area (TPSA) is 25.8 Å². The third-order valence-electron chi connectivity index (χ3n) is 0.404. The second-order valence-electron chi connectivity index (χ2n) is 0.867. The standard InChI is InChI=1S/C2H2N2S3.2Li.2H/c5-1-3-4-2(6)7-1;;;;/h(H,3,5)(H,4,6);;;;. The average molecular weight is 166 g/mol. The summed E-state index contributed by atoms with van der Waals surface area (Å²) in [5.74, 6) is 0. The van der Waals surface area contributed by atoms with Gasteiger partial charge in [0.15, 0.2) is 8.68 Å². The molecule has 0 aliphatic heterocycles. The molecule has 0 atom stereocenters. The fourth-order valence-corrected chi connectivity index (χ4v) is 1.36. The van der Waals surface area contributed by atoms with E-state index in [2.05, 4.69) is 35.5 Å². The summed E-state index contributed by atoms with van der Waals surface area (Å²) in [6, 6.07) is 0. The Balaban J connectivity index is 0. The van der Waals surface area contributed by atoms with Gasteiger partial charge in [-0.05, 0) is 0 Å². The van der Waals surface area contributed by atoms with Gasteiger partial charge in [-0.1, -0.05) is 11.3 Å². The summed E-state index contributed by atoms with van der Waals surface area (Å²) in [7, 11) is 0.